The lowest BCUT2D eigenvalue weighted by Gasteiger charge is -2.18. The fourth-order valence-electron chi connectivity index (χ4n) is 2.31. The molecule has 5 heteroatoms. The Balaban J connectivity index is 2.27. The second-order valence-electron chi connectivity index (χ2n) is 4.89. The Labute approximate surface area is 128 Å². The van der Waals surface area contributed by atoms with Gasteiger partial charge in [0.15, 0.2) is 0 Å². The highest BCUT2D eigenvalue weighted by Gasteiger charge is 2.15. The fourth-order valence-corrected chi connectivity index (χ4v) is 2.51. The van der Waals surface area contributed by atoms with Crippen molar-refractivity contribution in [1.29, 1.82) is 0 Å². The molecule has 0 heterocycles. The summed E-state index contributed by atoms with van der Waals surface area (Å²) >= 11 is 5.92. The smallest absolute Gasteiger partial charge is 0.126 e. The Hall–Kier alpha value is -1.62. The van der Waals surface area contributed by atoms with Crippen molar-refractivity contribution in [3.63, 3.8) is 0 Å². The molecule has 0 spiro atoms. The van der Waals surface area contributed by atoms with Crippen molar-refractivity contribution >= 4 is 11.6 Å². The average Bonchev–Trinajstić information content (AvgIpc) is 2.48. The van der Waals surface area contributed by atoms with Gasteiger partial charge in [0.2, 0.25) is 0 Å². The van der Waals surface area contributed by atoms with Crippen LogP contribution in [0.25, 0.3) is 0 Å². The van der Waals surface area contributed by atoms with Crippen LogP contribution in [0, 0.1) is 12.7 Å². The molecule has 2 rings (SSSR count). The molecule has 1 atom stereocenters. The quantitative estimate of drug-likeness (QED) is 0.656. The van der Waals surface area contributed by atoms with E-state index in [0.717, 1.165) is 16.9 Å². The molecule has 2 aromatic carbocycles. The van der Waals surface area contributed by atoms with E-state index in [0.29, 0.717) is 17.0 Å². The number of halogens is 2. The summed E-state index contributed by atoms with van der Waals surface area (Å²) in [6.07, 6.45) is 0.411. The third kappa shape index (κ3) is 3.73. The molecule has 0 radical (unpaired) electrons. The number of ether oxygens (including phenoxy) is 1. The minimum atomic E-state index is -0.287. The maximum Gasteiger partial charge on any atom is 0.126 e. The zero-order valence-corrected chi connectivity index (χ0v) is 12.7. The fraction of sp³-hybridized carbons (Fsp3) is 0.250. The van der Waals surface area contributed by atoms with Crippen LogP contribution in [0.4, 0.5) is 4.39 Å². The minimum Gasteiger partial charge on any atom is -0.496 e. The number of aryl methyl sites for hydroxylation is 1. The standard InChI is InChI=1S/C16H18ClFN2O/c1-10-7-11(3-6-16(10)21-2)15(20-19)9-12-8-13(17)4-5-14(12)18/h3-8,15,20H,9,19H2,1-2H3. The van der Waals surface area contributed by atoms with Gasteiger partial charge in [-0.15, -0.1) is 0 Å². The average molecular weight is 309 g/mol. The molecule has 2 aromatic rings. The molecule has 0 aromatic heterocycles. The maximum absolute atomic E-state index is 13.8. The summed E-state index contributed by atoms with van der Waals surface area (Å²) in [6, 6.07) is 10.1. The zero-order chi connectivity index (χ0) is 15.4. The predicted molar refractivity (Wildman–Crippen MR) is 82.9 cm³/mol. The molecule has 0 bridgehead atoms. The first kappa shape index (κ1) is 15.8. The number of hydrogen-bond acceptors (Lipinski definition) is 3. The number of hydrazine groups is 1. The summed E-state index contributed by atoms with van der Waals surface area (Å²) in [6.45, 7) is 1.95. The third-order valence-corrected chi connectivity index (χ3v) is 3.69. The van der Waals surface area contributed by atoms with E-state index in [-0.39, 0.29) is 11.9 Å². The van der Waals surface area contributed by atoms with Gasteiger partial charge < -0.3 is 4.74 Å². The van der Waals surface area contributed by atoms with Crippen LogP contribution < -0.4 is 16.0 Å². The first-order valence-corrected chi connectivity index (χ1v) is 6.97. The number of hydrogen-bond donors (Lipinski definition) is 2. The number of nitrogens with one attached hydrogen (secondary N) is 1. The Morgan fingerprint density at radius 1 is 1.29 bits per heavy atom. The molecule has 3 nitrogen and oxygen atoms in total. The van der Waals surface area contributed by atoms with Crippen molar-refractivity contribution in [3.8, 4) is 5.75 Å². The number of benzene rings is 2. The van der Waals surface area contributed by atoms with E-state index in [1.54, 1.807) is 13.2 Å². The molecule has 0 saturated carbocycles. The van der Waals surface area contributed by atoms with E-state index in [4.69, 9.17) is 22.2 Å². The van der Waals surface area contributed by atoms with E-state index < -0.39 is 0 Å². The van der Waals surface area contributed by atoms with Crippen LogP contribution in [0.2, 0.25) is 5.02 Å². The van der Waals surface area contributed by atoms with E-state index in [9.17, 15) is 4.39 Å². The van der Waals surface area contributed by atoms with Crippen LogP contribution >= 0.6 is 11.6 Å². The van der Waals surface area contributed by atoms with Crippen molar-refractivity contribution in [2.45, 2.75) is 19.4 Å². The predicted octanol–water partition coefficient (Wildman–Crippen LogP) is 3.54. The number of methoxy groups -OCH3 is 1. The summed E-state index contributed by atoms with van der Waals surface area (Å²) in [5, 5.41) is 0.507. The highest BCUT2D eigenvalue weighted by atomic mass is 35.5. The Morgan fingerprint density at radius 2 is 2.05 bits per heavy atom. The topological polar surface area (TPSA) is 47.3 Å². The van der Waals surface area contributed by atoms with Gasteiger partial charge in [0.05, 0.1) is 13.2 Å². The first-order valence-electron chi connectivity index (χ1n) is 6.59. The summed E-state index contributed by atoms with van der Waals surface area (Å²) in [5.74, 6) is 6.15. The Bertz CT molecular complexity index is 634. The molecule has 0 aliphatic heterocycles. The van der Waals surface area contributed by atoms with Crippen molar-refractivity contribution in [2.75, 3.05) is 7.11 Å². The molecular formula is C16H18ClFN2O. The monoisotopic (exact) mass is 308 g/mol. The van der Waals surface area contributed by atoms with Crippen molar-refractivity contribution in [3.05, 3.63) is 63.9 Å². The van der Waals surface area contributed by atoms with E-state index >= 15 is 0 Å². The number of nitrogens with two attached hydrogens (primary N) is 1. The van der Waals surface area contributed by atoms with Gasteiger partial charge in [-0.1, -0.05) is 23.7 Å². The molecule has 3 N–H and O–H groups in total. The van der Waals surface area contributed by atoms with Gasteiger partial charge in [-0.25, -0.2) is 4.39 Å². The molecule has 0 aliphatic carbocycles. The van der Waals surface area contributed by atoms with E-state index in [1.165, 1.54) is 12.1 Å². The highest BCUT2D eigenvalue weighted by molar-refractivity contribution is 6.30. The molecule has 0 amide bonds. The third-order valence-electron chi connectivity index (χ3n) is 3.45. The molecule has 0 saturated heterocycles. The zero-order valence-electron chi connectivity index (χ0n) is 12.0. The van der Waals surface area contributed by atoms with Gasteiger partial charge in [0.1, 0.15) is 11.6 Å². The molecule has 0 fully saturated rings. The van der Waals surface area contributed by atoms with Gasteiger partial charge in [0.25, 0.3) is 0 Å². The second kappa shape index (κ2) is 6.89. The lowest BCUT2D eigenvalue weighted by molar-refractivity contribution is 0.411. The van der Waals surface area contributed by atoms with Crippen LogP contribution in [0.15, 0.2) is 36.4 Å². The van der Waals surface area contributed by atoms with E-state index in [2.05, 4.69) is 5.43 Å². The van der Waals surface area contributed by atoms with Gasteiger partial charge in [-0.2, -0.15) is 0 Å². The van der Waals surface area contributed by atoms with Crippen LogP contribution in [-0.4, -0.2) is 7.11 Å². The van der Waals surface area contributed by atoms with Crippen molar-refractivity contribution in [2.24, 2.45) is 5.84 Å². The van der Waals surface area contributed by atoms with Crippen molar-refractivity contribution < 1.29 is 9.13 Å². The Morgan fingerprint density at radius 3 is 2.67 bits per heavy atom. The maximum atomic E-state index is 13.8. The number of rotatable bonds is 5. The molecule has 21 heavy (non-hydrogen) atoms. The molecule has 112 valence electrons. The normalized spacial score (nSPS) is 12.2. The SMILES string of the molecule is COc1ccc(C(Cc2cc(Cl)ccc2F)NN)cc1C. The summed E-state index contributed by atoms with van der Waals surface area (Å²) < 4.78 is 19.1. The van der Waals surface area contributed by atoms with Crippen LogP contribution in [0.3, 0.4) is 0 Å². The highest BCUT2D eigenvalue weighted by Crippen LogP contribution is 2.26. The molecular weight excluding hydrogens is 291 g/mol. The largest absolute Gasteiger partial charge is 0.496 e. The van der Waals surface area contributed by atoms with Gasteiger partial charge in [-0.3, -0.25) is 11.3 Å². The summed E-state index contributed by atoms with van der Waals surface area (Å²) in [7, 11) is 1.63. The molecule has 1 unspecified atom stereocenters. The Kier molecular flexibility index (Phi) is 5.17. The van der Waals surface area contributed by atoms with Crippen molar-refractivity contribution in [1.82, 2.24) is 5.43 Å². The first-order chi connectivity index (χ1) is 10.0. The van der Waals surface area contributed by atoms with Gasteiger partial charge >= 0.3 is 0 Å². The lowest BCUT2D eigenvalue weighted by atomic mass is 9.97. The van der Waals surface area contributed by atoms with Crippen LogP contribution in [-0.2, 0) is 6.42 Å². The van der Waals surface area contributed by atoms with Gasteiger partial charge in [0, 0.05) is 5.02 Å². The second-order valence-corrected chi connectivity index (χ2v) is 5.32. The van der Waals surface area contributed by atoms with Crippen LogP contribution in [0.1, 0.15) is 22.7 Å². The van der Waals surface area contributed by atoms with Gasteiger partial charge in [-0.05, 0) is 54.3 Å². The van der Waals surface area contributed by atoms with E-state index in [1.807, 2.05) is 25.1 Å². The van der Waals surface area contributed by atoms with Crippen LogP contribution in [0.5, 0.6) is 5.75 Å². The lowest BCUT2D eigenvalue weighted by Crippen LogP contribution is -2.29. The summed E-state index contributed by atoms with van der Waals surface area (Å²) in [4.78, 5) is 0. The summed E-state index contributed by atoms with van der Waals surface area (Å²) in [5.41, 5.74) is 5.22. The minimum absolute atomic E-state index is 0.206. The molecule has 0 aliphatic rings.